The molecular weight excluding hydrogens is 400 g/mol. The van der Waals surface area contributed by atoms with Gasteiger partial charge in [-0.3, -0.25) is 9.88 Å². The third-order valence-corrected chi connectivity index (χ3v) is 6.65. The molecule has 1 fully saturated rings. The van der Waals surface area contributed by atoms with Gasteiger partial charge in [0.25, 0.3) is 0 Å². The van der Waals surface area contributed by atoms with Crippen LogP contribution in [0.15, 0.2) is 60.9 Å². The molecule has 164 valence electrons. The predicted molar refractivity (Wildman–Crippen MR) is 127 cm³/mol. The van der Waals surface area contributed by atoms with Gasteiger partial charge in [-0.1, -0.05) is 30.3 Å². The lowest BCUT2D eigenvalue weighted by Crippen LogP contribution is -2.24. The van der Waals surface area contributed by atoms with E-state index in [1.807, 2.05) is 0 Å². The second-order valence-corrected chi connectivity index (χ2v) is 8.66. The molecule has 0 unspecified atom stereocenters. The smallest absolute Gasteiger partial charge is 0.337 e. The molecule has 6 heteroatoms. The van der Waals surface area contributed by atoms with E-state index in [1.165, 1.54) is 53.0 Å². The number of para-hydroxylation sites is 1. The quantitative estimate of drug-likeness (QED) is 0.596. The summed E-state index contributed by atoms with van der Waals surface area (Å²) in [4.78, 5) is 20.4. The number of carbonyl (C=O) groups is 1. The number of benzene rings is 2. The van der Waals surface area contributed by atoms with E-state index in [1.54, 1.807) is 6.20 Å². The van der Waals surface area contributed by atoms with Crippen molar-refractivity contribution in [1.82, 2.24) is 9.88 Å². The monoisotopic (exact) mass is 428 g/mol. The molecular formula is C26H28N4O2. The van der Waals surface area contributed by atoms with Crippen LogP contribution in [-0.2, 0) is 6.54 Å². The van der Waals surface area contributed by atoms with Crippen LogP contribution < -0.4 is 10.2 Å². The van der Waals surface area contributed by atoms with E-state index in [-0.39, 0.29) is 11.6 Å². The Morgan fingerprint density at radius 3 is 2.78 bits per heavy atom. The van der Waals surface area contributed by atoms with Crippen molar-refractivity contribution in [2.45, 2.75) is 25.4 Å². The van der Waals surface area contributed by atoms with Crippen molar-refractivity contribution in [1.29, 1.82) is 0 Å². The topological polar surface area (TPSA) is 68.7 Å². The zero-order chi connectivity index (χ0) is 22.1. The lowest BCUT2D eigenvalue weighted by Gasteiger charge is -2.22. The van der Waals surface area contributed by atoms with Gasteiger partial charge in [-0.2, -0.15) is 0 Å². The Kier molecular flexibility index (Phi) is 5.53. The third-order valence-electron chi connectivity index (χ3n) is 6.65. The minimum Gasteiger partial charge on any atom is -0.478 e. The number of nitrogens with one attached hydrogen (secondary N) is 1. The fourth-order valence-corrected chi connectivity index (χ4v) is 5.00. The molecule has 6 nitrogen and oxygen atoms in total. The van der Waals surface area contributed by atoms with Crippen LogP contribution in [0.1, 0.15) is 40.4 Å². The van der Waals surface area contributed by atoms with Crippen LogP contribution in [0.3, 0.4) is 0 Å². The number of hydrogen-bond acceptors (Lipinski definition) is 5. The van der Waals surface area contributed by atoms with Crippen molar-refractivity contribution in [3.63, 3.8) is 0 Å². The Hall–Kier alpha value is -3.38. The number of carboxylic acids is 1. The molecule has 32 heavy (non-hydrogen) atoms. The molecule has 1 atom stereocenters. The number of anilines is 2. The largest absolute Gasteiger partial charge is 0.478 e. The van der Waals surface area contributed by atoms with Gasteiger partial charge in [0.1, 0.15) is 0 Å². The van der Waals surface area contributed by atoms with E-state index in [0.717, 1.165) is 19.6 Å². The summed E-state index contributed by atoms with van der Waals surface area (Å²) in [5.41, 5.74) is 7.30. The first-order valence-corrected chi connectivity index (χ1v) is 11.2. The van der Waals surface area contributed by atoms with E-state index in [2.05, 4.69) is 69.6 Å². The van der Waals surface area contributed by atoms with Crippen molar-refractivity contribution < 1.29 is 9.90 Å². The average Bonchev–Trinajstić information content (AvgIpc) is 3.45. The summed E-state index contributed by atoms with van der Waals surface area (Å²) in [7, 11) is 2.12. The van der Waals surface area contributed by atoms with Gasteiger partial charge in [0.15, 0.2) is 0 Å². The average molecular weight is 429 g/mol. The molecule has 0 spiro atoms. The van der Waals surface area contributed by atoms with Crippen LogP contribution >= 0.6 is 0 Å². The van der Waals surface area contributed by atoms with Gasteiger partial charge in [-0.15, -0.1) is 0 Å². The van der Waals surface area contributed by atoms with Crippen molar-refractivity contribution in [2.75, 3.05) is 36.9 Å². The Morgan fingerprint density at radius 2 is 1.97 bits per heavy atom. The number of aromatic carboxylic acids is 1. The highest BCUT2D eigenvalue weighted by Gasteiger charge is 2.28. The molecule has 1 saturated heterocycles. The van der Waals surface area contributed by atoms with Gasteiger partial charge < -0.3 is 15.3 Å². The summed E-state index contributed by atoms with van der Waals surface area (Å²) in [6.07, 6.45) is 5.61. The van der Waals surface area contributed by atoms with E-state index in [4.69, 9.17) is 0 Å². The van der Waals surface area contributed by atoms with Gasteiger partial charge in [-0.05, 0) is 54.8 Å². The minimum absolute atomic E-state index is 0.176. The predicted octanol–water partition coefficient (Wildman–Crippen LogP) is 4.65. The number of pyridine rings is 1. The summed E-state index contributed by atoms with van der Waals surface area (Å²) in [5, 5.41) is 12.7. The van der Waals surface area contributed by atoms with Crippen LogP contribution in [0, 0.1) is 0 Å². The Bertz CT molecular complexity index is 1140. The molecule has 3 heterocycles. The summed E-state index contributed by atoms with van der Waals surface area (Å²) < 4.78 is 0. The zero-order valence-electron chi connectivity index (χ0n) is 18.3. The number of fused-ring (bicyclic) bond motifs is 1. The summed E-state index contributed by atoms with van der Waals surface area (Å²) in [6, 6.07) is 17.2. The highest BCUT2D eigenvalue weighted by Crippen LogP contribution is 2.38. The van der Waals surface area contributed by atoms with Crippen LogP contribution in [0.25, 0.3) is 11.1 Å². The maximum absolute atomic E-state index is 11.5. The molecule has 2 N–H and O–H groups in total. The molecule has 2 aliphatic rings. The molecule has 2 aliphatic heterocycles. The normalized spacial score (nSPS) is 18.0. The van der Waals surface area contributed by atoms with Gasteiger partial charge in [0.2, 0.25) is 0 Å². The standard InChI is InChI=1S/C26H28N4O2/c1-29-17-19-14-18(20-6-2-3-7-24(20)30-12-4-5-13-30)8-9-21(19)25(29)16-28-23-15-27-11-10-22(23)26(31)32/h2-3,6-11,14-15,25,28H,4-5,12-13,16-17H2,1H3,(H,31,32)/t25-/m1/s1. The molecule has 0 bridgehead atoms. The van der Waals surface area contributed by atoms with Crippen LogP contribution in [-0.4, -0.2) is 47.6 Å². The highest BCUT2D eigenvalue weighted by atomic mass is 16.4. The molecule has 0 aliphatic carbocycles. The van der Waals surface area contributed by atoms with Gasteiger partial charge in [0, 0.05) is 43.6 Å². The van der Waals surface area contributed by atoms with E-state index in [9.17, 15) is 9.90 Å². The number of rotatable bonds is 6. The highest BCUT2D eigenvalue weighted by molar-refractivity contribution is 5.93. The van der Waals surface area contributed by atoms with E-state index < -0.39 is 5.97 Å². The van der Waals surface area contributed by atoms with Crippen LogP contribution in [0.4, 0.5) is 11.4 Å². The van der Waals surface area contributed by atoms with E-state index >= 15 is 0 Å². The van der Waals surface area contributed by atoms with E-state index in [0.29, 0.717) is 12.2 Å². The van der Waals surface area contributed by atoms with Crippen molar-refractivity contribution in [3.8, 4) is 11.1 Å². The van der Waals surface area contributed by atoms with Gasteiger partial charge in [-0.25, -0.2) is 4.79 Å². The maximum Gasteiger partial charge on any atom is 0.337 e. The van der Waals surface area contributed by atoms with Crippen molar-refractivity contribution in [2.24, 2.45) is 0 Å². The van der Waals surface area contributed by atoms with Crippen molar-refractivity contribution >= 4 is 17.3 Å². The first-order valence-electron chi connectivity index (χ1n) is 11.2. The Balaban J connectivity index is 1.39. The third kappa shape index (κ3) is 3.82. The first-order chi connectivity index (χ1) is 15.6. The molecule has 0 amide bonds. The number of likely N-dealkylation sites (N-methyl/N-ethyl adjacent to an activating group) is 1. The number of aromatic nitrogens is 1. The lowest BCUT2D eigenvalue weighted by atomic mass is 9.96. The van der Waals surface area contributed by atoms with Crippen LogP contribution in [0.2, 0.25) is 0 Å². The first kappa shape index (κ1) is 20.5. The molecule has 2 aromatic carbocycles. The fraction of sp³-hybridized carbons (Fsp3) is 0.308. The summed E-state index contributed by atoms with van der Waals surface area (Å²) in [5.74, 6) is -0.948. The SMILES string of the molecule is CN1Cc2cc(-c3ccccc3N3CCCC3)ccc2[C@H]1CNc1cnccc1C(=O)O. The Labute approximate surface area is 188 Å². The molecule has 3 aromatic rings. The van der Waals surface area contributed by atoms with Gasteiger partial charge >= 0.3 is 5.97 Å². The molecule has 0 radical (unpaired) electrons. The summed E-state index contributed by atoms with van der Waals surface area (Å²) >= 11 is 0. The number of carboxylic acid groups (broad SMARTS) is 1. The Morgan fingerprint density at radius 1 is 1.16 bits per heavy atom. The zero-order valence-corrected chi connectivity index (χ0v) is 18.3. The molecule has 5 rings (SSSR count). The number of nitrogens with zero attached hydrogens (tertiary/aromatic N) is 3. The molecule has 0 saturated carbocycles. The fourth-order valence-electron chi connectivity index (χ4n) is 5.00. The molecule has 1 aromatic heterocycles. The second kappa shape index (κ2) is 8.63. The summed E-state index contributed by atoms with van der Waals surface area (Å²) in [6.45, 7) is 3.76. The van der Waals surface area contributed by atoms with Crippen LogP contribution in [0.5, 0.6) is 0 Å². The number of hydrogen-bond donors (Lipinski definition) is 2. The lowest BCUT2D eigenvalue weighted by molar-refractivity contribution is 0.0697. The maximum atomic E-state index is 11.5. The van der Waals surface area contributed by atoms with Gasteiger partial charge in [0.05, 0.1) is 23.5 Å². The minimum atomic E-state index is -0.948. The second-order valence-electron chi connectivity index (χ2n) is 8.66. The van der Waals surface area contributed by atoms with Crippen molar-refractivity contribution in [3.05, 3.63) is 77.6 Å².